The van der Waals surface area contributed by atoms with Crippen molar-refractivity contribution in [3.8, 4) is 0 Å². The molecule has 2 amide bonds. The molecule has 4 rings (SSSR count). The van der Waals surface area contributed by atoms with Crippen molar-refractivity contribution in [2.45, 2.75) is 49.6 Å². The molecular formula is C15H23N3O2S. The predicted octanol–water partition coefficient (Wildman–Crippen LogP) is 0.636. The largest absolute Gasteiger partial charge is 0.340 e. The van der Waals surface area contributed by atoms with E-state index in [1.807, 2.05) is 9.80 Å². The van der Waals surface area contributed by atoms with E-state index in [9.17, 15) is 9.59 Å². The molecule has 0 bridgehead atoms. The number of fused-ring (bicyclic) bond motifs is 2. The predicted molar refractivity (Wildman–Crippen MR) is 81.5 cm³/mol. The van der Waals surface area contributed by atoms with Gasteiger partial charge in [-0.25, -0.2) is 0 Å². The lowest BCUT2D eigenvalue weighted by Gasteiger charge is -2.32. The highest BCUT2D eigenvalue weighted by molar-refractivity contribution is 8.01. The Morgan fingerprint density at radius 2 is 2.19 bits per heavy atom. The lowest BCUT2D eigenvalue weighted by molar-refractivity contribution is -0.143. The van der Waals surface area contributed by atoms with Crippen molar-refractivity contribution in [1.29, 1.82) is 0 Å². The van der Waals surface area contributed by atoms with Gasteiger partial charge in [0.15, 0.2) is 0 Å². The summed E-state index contributed by atoms with van der Waals surface area (Å²) in [5.74, 6) is 2.11. The minimum Gasteiger partial charge on any atom is -0.340 e. The van der Waals surface area contributed by atoms with Gasteiger partial charge in [0.1, 0.15) is 6.04 Å². The van der Waals surface area contributed by atoms with Gasteiger partial charge in [0.05, 0.1) is 4.87 Å². The van der Waals surface area contributed by atoms with Crippen LogP contribution in [-0.2, 0) is 9.59 Å². The van der Waals surface area contributed by atoms with Crippen molar-refractivity contribution < 1.29 is 9.59 Å². The van der Waals surface area contributed by atoms with E-state index in [0.717, 1.165) is 38.1 Å². The molecule has 4 fully saturated rings. The van der Waals surface area contributed by atoms with Crippen molar-refractivity contribution in [2.24, 2.45) is 17.6 Å². The molecule has 5 nitrogen and oxygen atoms in total. The Morgan fingerprint density at radius 3 is 2.95 bits per heavy atom. The zero-order chi connectivity index (χ0) is 14.8. The quantitative estimate of drug-likeness (QED) is 0.772. The fourth-order valence-corrected chi connectivity index (χ4v) is 6.12. The first-order chi connectivity index (χ1) is 9.99. The summed E-state index contributed by atoms with van der Waals surface area (Å²) in [5, 5.41) is 0. The number of carbonyl (C=O) groups is 2. The first-order valence-electron chi connectivity index (χ1n) is 8.00. The van der Waals surface area contributed by atoms with E-state index < -0.39 is 0 Å². The number of hydrogen-bond acceptors (Lipinski definition) is 4. The van der Waals surface area contributed by atoms with Gasteiger partial charge in [-0.15, -0.1) is 11.8 Å². The van der Waals surface area contributed by atoms with Crippen LogP contribution in [0.4, 0.5) is 0 Å². The molecule has 6 heteroatoms. The Kier molecular flexibility index (Phi) is 3.05. The molecule has 116 valence electrons. The molecule has 3 heterocycles. The third-order valence-corrected chi connectivity index (χ3v) is 7.46. The second-order valence-corrected chi connectivity index (χ2v) is 8.68. The molecular weight excluding hydrogens is 286 g/mol. The second-order valence-electron chi connectivity index (χ2n) is 7.17. The summed E-state index contributed by atoms with van der Waals surface area (Å²) in [5.41, 5.74) is 6.16. The summed E-state index contributed by atoms with van der Waals surface area (Å²) in [6, 6.07) is 0.00879. The highest BCUT2D eigenvalue weighted by atomic mass is 32.2. The van der Waals surface area contributed by atoms with Gasteiger partial charge in [-0.1, -0.05) is 0 Å². The molecule has 3 aliphatic heterocycles. The second kappa shape index (κ2) is 4.62. The number of nitrogens with zero attached hydrogens (tertiary/aromatic N) is 2. The lowest BCUT2D eigenvalue weighted by Crippen LogP contribution is -2.51. The number of likely N-dealkylation sites (tertiary alicyclic amines) is 1. The van der Waals surface area contributed by atoms with Crippen LogP contribution >= 0.6 is 11.8 Å². The van der Waals surface area contributed by atoms with E-state index in [0.29, 0.717) is 18.3 Å². The van der Waals surface area contributed by atoms with Gasteiger partial charge in [-0.05, 0) is 38.0 Å². The number of rotatable bonds is 1. The highest BCUT2D eigenvalue weighted by Gasteiger charge is 2.54. The molecule has 4 aliphatic rings. The maximum Gasteiger partial charge on any atom is 0.246 e. The smallest absolute Gasteiger partial charge is 0.246 e. The average Bonchev–Trinajstić information content (AvgIpc) is 3.15. The molecule has 1 aliphatic carbocycles. The topological polar surface area (TPSA) is 66.6 Å². The van der Waals surface area contributed by atoms with E-state index in [1.54, 1.807) is 11.8 Å². The zero-order valence-corrected chi connectivity index (χ0v) is 13.3. The molecule has 0 aromatic heterocycles. The van der Waals surface area contributed by atoms with Crippen molar-refractivity contribution >= 4 is 23.6 Å². The number of amides is 2. The number of thioether (sulfide) groups is 1. The SMILES string of the molecule is CC12CCC(=O)N1C(C(=O)N1CC3CCC(N)C3C1)CS2. The van der Waals surface area contributed by atoms with Crippen LogP contribution in [0.2, 0.25) is 0 Å². The summed E-state index contributed by atoms with van der Waals surface area (Å²) in [4.78, 5) is 28.8. The standard InChI is InChI=1S/C15H23N3O2S/c1-15-5-4-13(19)18(15)12(8-21-15)14(20)17-6-9-2-3-11(16)10(9)7-17/h9-12H,2-8,16H2,1H3. The summed E-state index contributed by atoms with van der Waals surface area (Å²) in [7, 11) is 0. The minimum absolute atomic E-state index is 0.149. The Labute approximate surface area is 129 Å². The molecule has 5 atom stereocenters. The average molecular weight is 309 g/mol. The van der Waals surface area contributed by atoms with E-state index in [-0.39, 0.29) is 28.8 Å². The van der Waals surface area contributed by atoms with Crippen molar-refractivity contribution in [1.82, 2.24) is 9.80 Å². The van der Waals surface area contributed by atoms with Gasteiger partial charge in [0.25, 0.3) is 0 Å². The normalized spacial score (nSPS) is 45.3. The molecule has 2 N–H and O–H groups in total. The Balaban J connectivity index is 1.50. The molecule has 0 radical (unpaired) electrons. The summed E-state index contributed by atoms with van der Waals surface area (Å²) in [6.45, 7) is 3.74. The minimum atomic E-state index is -0.245. The molecule has 21 heavy (non-hydrogen) atoms. The Hall–Kier alpha value is -0.750. The van der Waals surface area contributed by atoms with Crippen molar-refractivity contribution in [2.75, 3.05) is 18.8 Å². The molecule has 1 saturated carbocycles. The third kappa shape index (κ3) is 1.95. The number of nitrogens with two attached hydrogens (primary N) is 1. The zero-order valence-electron chi connectivity index (χ0n) is 12.5. The molecule has 0 aromatic carbocycles. The Bertz CT molecular complexity index is 499. The number of hydrogen-bond donors (Lipinski definition) is 1. The first-order valence-corrected chi connectivity index (χ1v) is 8.99. The van der Waals surface area contributed by atoms with Gasteiger partial charge >= 0.3 is 0 Å². The molecule has 0 spiro atoms. The van der Waals surface area contributed by atoms with Gasteiger partial charge in [0.2, 0.25) is 11.8 Å². The van der Waals surface area contributed by atoms with Crippen LogP contribution in [0.25, 0.3) is 0 Å². The molecule has 0 aromatic rings. The fraction of sp³-hybridized carbons (Fsp3) is 0.867. The Morgan fingerprint density at radius 1 is 1.38 bits per heavy atom. The molecule has 3 saturated heterocycles. The third-order valence-electron chi connectivity index (χ3n) is 5.95. The molecule has 5 unspecified atom stereocenters. The van der Waals surface area contributed by atoms with E-state index in [1.165, 1.54) is 0 Å². The van der Waals surface area contributed by atoms with Gasteiger partial charge < -0.3 is 15.5 Å². The van der Waals surface area contributed by atoms with Crippen LogP contribution < -0.4 is 5.73 Å². The van der Waals surface area contributed by atoms with Crippen LogP contribution in [0.1, 0.15) is 32.6 Å². The maximum absolute atomic E-state index is 12.9. The van der Waals surface area contributed by atoms with Crippen LogP contribution in [0, 0.1) is 11.8 Å². The first kappa shape index (κ1) is 13.9. The van der Waals surface area contributed by atoms with Crippen LogP contribution in [-0.4, -0.2) is 57.4 Å². The van der Waals surface area contributed by atoms with Crippen LogP contribution in [0.5, 0.6) is 0 Å². The summed E-state index contributed by atoms with van der Waals surface area (Å²) < 4.78 is 0. The lowest BCUT2D eigenvalue weighted by atomic mass is 9.98. The van der Waals surface area contributed by atoms with Gasteiger partial charge in [-0.2, -0.15) is 0 Å². The van der Waals surface area contributed by atoms with Gasteiger partial charge in [0, 0.05) is 31.3 Å². The summed E-state index contributed by atoms with van der Waals surface area (Å²) >= 11 is 1.77. The van der Waals surface area contributed by atoms with Gasteiger partial charge in [-0.3, -0.25) is 9.59 Å². The fourth-order valence-electron chi connectivity index (χ4n) is 4.70. The van der Waals surface area contributed by atoms with Crippen molar-refractivity contribution in [3.63, 3.8) is 0 Å². The van der Waals surface area contributed by atoms with Crippen molar-refractivity contribution in [3.05, 3.63) is 0 Å². The van der Waals surface area contributed by atoms with E-state index in [4.69, 9.17) is 5.73 Å². The van der Waals surface area contributed by atoms with Crippen LogP contribution in [0.15, 0.2) is 0 Å². The maximum atomic E-state index is 12.9. The monoisotopic (exact) mass is 309 g/mol. The number of carbonyl (C=O) groups excluding carboxylic acids is 2. The van der Waals surface area contributed by atoms with E-state index >= 15 is 0 Å². The van der Waals surface area contributed by atoms with E-state index in [2.05, 4.69) is 6.92 Å². The van der Waals surface area contributed by atoms with Crippen LogP contribution in [0.3, 0.4) is 0 Å². The highest BCUT2D eigenvalue weighted by Crippen LogP contribution is 2.48. The summed E-state index contributed by atoms with van der Waals surface area (Å²) in [6.07, 6.45) is 3.70.